The maximum absolute atomic E-state index is 12.6. The molecule has 1 saturated heterocycles. The van der Waals surface area contributed by atoms with E-state index >= 15 is 0 Å². The summed E-state index contributed by atoms with van der Waals surface area (Å²) < 4.78 is 27.9. The van der Waals surface area contributed by atoms with Crippen molar-refractivity contribution in [3.8, 4) is 5.69 Å². The van der Waals surface area contributed by atoms with Crippen molar-refractivity contribution in [3.63, 3.8) is 0 Å². The van der Waals surface area contributed by atoms with Gasteiger partial charge in [0.1, 0.15) is 17.9 Å². The third-order valence-corrected chi connectivity index (χ3v) is 7.26. The summed E-state index contributed by atoms with van der Waals surface area (Å²) in [5.74, 6) is 0.0954. The number of hydrogen-bond donors (Lipinski definition) is 2. The Balaban J connectivity index is 1.48. The zero-order valence-electron chi connectivity index (χ0n) is 16.5. The molecule has 3 aromatic rings. The molecule has 0 saturated carbocycles. The highest BCUT2D eigenvalue weighted by molar-refractivity contribution is 7.89. The highest BCUT2D eigenvalue weighted by Crippen LogP contribution is 2.19. The molecular weight excluding hydrogens is 390 g/mol. The number of benzene rings is 1. The fraction of sp³-hybridized carbons (Fsp3) is 0.400. The van der Waals surface area contributed by atoms with Crippen LogP contribution in [-0.2, 0) is 16.6 Å². The summed E-state index contributed by atoms with van der Waals surface area (Å²) in [6, 6.07) is 11.5. The quantitative estimate of drug-likeness (QED) is 0.548. The molecule has 9 heteroatoms. The minimum Gasteiger partial charge on any atom is -0.341 e. The van der Waals surface area contributed by atoms with E-state index in [0.717, 1.165) is 29.6 Å². The molecule has 1 aliphatic rings. The van der Waals surface area contributed by atoms with Crippen molar-refractivity contribution in [2.75, 3.05) is 25.4 Å². The lowest BCUT2D eigenvalue weighted by Gasteiger charge is -2.14. The van der Waals surface area contributed by atoms with E-state index in [1.807, 2.05) is 48.6 Å². The Kier molecular flexibility index (Phi) is 5.53. The van der Waals surface area contributed by atoms with Gasteiger partial charge in [0.25, 0.3) is 5.56 Å². The number of sulfonamides is 1. The van der Waals surface area contributed by atoms with Crippen LogP contribution in [0.15, 0.2) is 41.2 Å². The first kappa shape index (κ1) is 19.8. The van der Waals surface area contributed by atoms with E-state index in [1.54, 1.807) is 8.99 Å². The van der Waals surface area contributed by atoms with Crippen LogP contribution in [0.1, 0.15) is 24.1 Å². The van der Waals surface area contributed by atoms with Crippen molar-refractivity contribution >= 4 is 21.1 Å². The van der Waals surface area contributed by atoms with Gasteiger partial charge in [-0.2, -0.15) is 5.10 Å². The second kappa shape index (κ2) is 8.10. The Morgan fingerprint density at radius 3 is 2.62 bits per heavy atom. The highest BCUT2D eigenvalue weighted by atomic mass is 32.2. The molecule has 0 atom stereocenters. The van der Waals surface area contributed by atoms with Crippen LogP contribution in [-0.4, -0.2) is 52.9 Å². The van der Waals surface area contributed by atoms with E-state index in [2.05, 4.69) is 10.1 Å². The van der Waals surface area contributed by atoms with Crippen molar-refractivity contribution in [2.24, 2.45) is 0 Å². The lowest BCUT2D eigenvalue weighted by molar-refractivity contribution is -0.666. The summed E-state index contributed by atoms with van der Waals surface area (Å²) in [7, 11) is -3.19. The zero-order chi connectivity index (χ0) is 20.4. The van der Waals surface area contributed by atoms with Gasteiger partial charge in [-0.1, -0.05) is 18.2 Å². The second-order valence-corrected chi connectivity index (χ2v) is 9.51. The number of hydrogen-bond acceptors (Lipinski definition) is 4. The predicted octanol–water partition coefficient (Wildman–Crippen LogP) is 0.511. The van der Waals surface area contributed by atoms with E-state index in [9.17, 15) is 13.2 Å². The highest BCUT2D eigenvalue weighted by Gasteiger charge is 2.25. The third-order valence-electron chi connectivity index (χ3n) is 5.35. The van der Waals surface area contributed by atoms with Crippen molar-refractivity contribution in [2.45, 2.75) is 26.3 Å². The number of nitrogens with two attached hydrogens (primary N) is 1. The zero-order valence-corrected chi connectivity index (χ0v) is 17.3. The maximum Gasteiger partial charge on any atom is 0.258 e. The summed E-state index contributed by atoms with van der Waals surface area (Å²) in [5, 5.41) is 7.33. The van der Waals surface area contributed by atoms with Gasteiger partial charge < -0.3 is 10.3 Å². The first-order valence-electron chi connectivity index (χ1n) is 9.92. The lowest BCUT2D eigenvalue weighted by Crippen LogP contribution is -2.84. The normalized spacial score (nSPS) is 15.3. The van der Waals surface area contributed by atoms with Gasteiger partial charge in [0.05, 0.1) is 23.5 Å². The van der Waals surface area contributed by atoms with Crippen molar-refractivity contribution in [3.05, 3.63) is 58.0 Å². The van der Waals surface area contributed by atoms with E-state index in [4.69, 9.17) is 0 Å². The van der Waals surface area contributed by atoms with Crippen molar-refractivity contribution in [1.82, 2.24) is 19.1 Å². The molecule has 2 aromatic heterocycles. The summed E-state index contributed by atoms with van der Waals surface area (Å²) >= 11 is 0. The minimum atomic E-state index is -3.19. The van der Waals surface area contributed by atoms with Gasteiger partial charge >= 0.3 is 0 Å². The Morgan fingerprint density at radius 1 is 1.17 bits per heavy atom. The summed E-state index contributed by atoms with van der Waals surface area (Å²) in [6.07, 6.45) is 1.88. The Morgan fingerprint density at radius 2 is 1.90 bits per heavy atom. The molecule has 3 N–H and O–H groups in total. The molecule has 3 heterocycles. The maximum atomic E-state index is 12.6. The van der Waals surface area contributed by atoms with E-state index in [0.29, 0.717) is 37.4 Å². The second-order valence-electron chi connectivity index (χ2n) is 7.42. The molecule has 4 rings (SSSR count). The molecular formula is C20H26N5O3S+. The lowest BCUT2D eigenvalue weighted by atomic mass is 10.2. The van der Waals surface area contributed by atoms with Crippen LogP contribution < -0.4 is 10.9 Å². The van der Waals surface area contributed by atoms with E-state index in [-0.39, 0.29) is 11.3 Å². The number of aryl methyl sites for hydroxylation is 1. The molecule has 0 unspecified atom stereocenters. The number of rotatable bonds is 7. The van der Waals surface area contributed by atoms with Crippen LogP contribution in [0.5, 0.6) is 0 Å². The molecule has 1 aromatic carbocycles. The number of nitrogens with one attached hydrogen (secondary N) is 1. The predicted molar refractivity (Wildman–Crippen MR) is 112 cm³/mol. The van der Waals surface area contributed by atoms with Gasteiger partial charge in [-0.05, 0) is 38.0 Å². The van der Waals surface area contributed by atoms with Crippen LogP contribution in [0.25, 0.3) is 16.7 Å². The number of H-pyrrole nitrogens is 1. The molecule has 0 radical (unpaired) electrons. The topological polar surface area (TPSA) is 105 Å². The molecule has 8 nitrogen and oxygen atoms in total. The Labute approximate surface area is 169 Å². The van der Waals surface area contributed by atoms with Gasteiger partial charge in [0, 0.05) is 18.5 Å². The Hall–Kier alpha value is -2.49. The third kappa shape index (κ3) is 4.12. The number of aromatic amines is 1. The van der Waals surface area contributed by atoms with Gasteiger partial charge in [-0.25, -0.2) is 17.4 Å². The number of fused-ring (bicyclic) bond motifs is 1. The molecule has 0 spiro atoms. The van der Waals surface area contributed by atoms with Gasteiger partial charge in [-0.15, -0.1) is 0 Å². The fourth-order valence-corrected chi connectivity index (χ4v) is 5.29. The molecule has 29 heavy (non-hydrogen) atoms. The molecule has 1 fully saturated rings. The summed E-state index contributed by atoms with van der Waals surface area (Å²) in [5.41, 5.74) is 2.82. The van der Waals surface area contributed by atoms with Crippen LogP contribution in [0, 0.1) is 6.92 Å². The van der Waals surface area contributed by atoms with E-state index in [1.165, 1.54) is 0 Å². The number of aromatic nitrogens is 3. The molecule has 1 aliphatic heterocycles. The van der Waals surface area contributed by atoms with Crippen LogP contribution in [0.3, 0.4) is 0 Å². The molecule has 154 valence electrons. The smallest absolute Gasteiger partial charge is 0.258 e. The molecule has 0 aliphatic carbocycles. The fourth-order valence-electron chi connectivity index (χ4n) is 3.75. The van der Waals surface area contributed by atoms with Gasteiger partial charge in [0.15, 0.2) is 0 Å². The number of pyridine rings is 1. The summed E-state index contributed by atoms with van der Waals surface area (Å²) in [6.45, 7) is 4.03. The summed E-state index contributed by atoms with van der Waals surface area (Å²) in [4.78, 5) is 15.5. The number of para-hydroxylation sites is 1. The van der Waals surface area contributed by atoms with Gasteiger partial charge in [0.2, 0.25) is 10.0 Å². The SMILES string of the molecule is Cc1nn(-c2ccccc2)c2[nH]c(=O)c(C[NH2+]CCS(=O)(=O)N3CCCC3)cc12. The van der Waals surface area contributed by atoms with Crippen molar-refractivity contribution in [1.29, 1.82) is 0 Å². The van der Waals surface area contributed by atoms with Crippen LogP contribution >= 0.6 is 0 Å². The average molecular weight is 417 g/mol. The average Bonchev–Trinajstić information content (AvgIpc) is 3.36. The van der Waals surface area contributed by atoms with Crippen LogP contribution in [0.2, 0.25) is 0 Å². The minimum absolute atomic E-state index is 0.0954. The first-order chi connectivity index (χ1) is 14.0. The molecule has 0 amide bonds. The number of nitrogens with zero attached hydrogens (tertiary/aromatic N) is 3. The van der Waals surface area contributed by atoms with Crippen molar-refractivity contribution < 1.29 is 13.7 Å². The number of quaternary nitrogens is 1. The van der Waals surface area contributed by atoms with E-state index < -0.39 is 10.0 Å². The first-order valence-corrected chi connectivity index (χ1v) is 11.5. The standard InChI is InChI=1S/C20H25N5O3S/c1-15-18-13-16(14-21-9-12-29(27,28)24-10-5-6-11-24)20(26)22-19(18)25(23-15)17-7-3-2-4-8-17/h2-4,7-8,13,21H,5-6,9-12,14H2,1H3,(H,22,26)/p+1. The largest absolute Gasteiger partial charge is 0.341 e. The molecule has 0 bridgehead atoms. The van der Waals surface area contributed by atoms with Crippen LogP contribution in [0.4, 0.5) is 0 Å². The monoisotopic (exact) mass is 416 g/mol. The Bertz CT molecular complexity index is 1160. The van der Waals surface area contributed by atoms with Gasteiger partial charge in [-0.3, -0.25) is 4.79 Å².